The number of benzene rings is 3. The fourth-order valence-corrected chi connectivity index (χ4v) is 5.22. The number of nitro benzene ring substituents is 2. The summed E-state index contributed by atoms with van der Waals surface area (Å²) < 4.78 is 38.0. The van der Waals surface area contributed by atoms with Crippen molar-refractivity contribution in [2.45, 2.75) is 17.9 Å². The van der Waals surface area contributed by atoms with E-state index in [9.17, 15) is 33.4 Å². The maximum Gasteiger partial charge on any atom is 0.407 e. The Labute approximate surface area is 221 Å². The minimum atomic E-state index is -4.25. The summed E-state index contributed by atoms with van der Waals surface area (Å²) in [5.74, 6) is 0.709. The molecule has 1 amide bonds. The van der Waals surface area contributed by atoms with Crippen LogP contribution >= 0.6 is 0 Å². The molecule has 3 aromatic carbocycles. The Hall–Kier alpha value is -4.98. The molecule has 0 unspecified atom stereocenters. The Kier molecular flexibility index (Phi) is 7.76. The molecule has 0 aliphatic carbocycles. The summed E-state index contributed by atoms with van der Waals surface area (Å²) in [6.07, 6.45) is 0.974. The molecule has 0 fully saturated rings. The molecule has 4 rings (SSSR count). The normalized spacial score (nSPS) is 11.2. The molecule has 0 saturated heterocycles. The van der Waals surface area contributed by atoms with E-state index in [0.29, 0.717) is 12.2 Å². The predicted molar refractivity (Wildman–Crippen MR) is 139 cm³/mol. The summed E-state index contributed by atoms with van der Waals surface area (Å²) in [5.41, 5.74) is 0.720. The van der Waals surface area contributed by atoms with Crippen LogP contribution in [0, 0.1) is 20.2 Å². The molecule has 0 spiro atoms. The zero-order valence-electron chi connectivity index (χ0n) is 20.5. The highest BCUT2D eigenvalue weighted by atomic mass is 32.2. The first-order chi connectivity index (χ1) is 18.6. The van der Waals surface area contributed by atoms with E-state index in [2.05, 4.69) is 5.32 Å². The Morgan fingerprint density at radius 3 is 2.21 bits per heavy atom. The fraction of sp³-hybridized carbons (Fsp3) is 0.160. The number of nitrogens with one attached hydrogen (secondary N) is 1. The highest BCUT2D eigenvalue weighted by Crippen LogP contribution is 2.30. The molecular weight excluding hydrogens is 532 g/mol. The van der Waals surface area contributed by atoms with Crippen LogP contribution in [0.15, 0.2) is 77.8 Å². The number of carbonyl (C=O) groups excluding carboxylic acids is 1. The van der Waals surface area contributed by atoms with Gasteiger partial charge in [0.05, 0.1) is 27.4 Å². The maximum absolute atomic E-state index is 13.3. The van der Waals surface area contributed by atoms with Gasteiger partial charge in [0.25, 0.3) is 21.4 Å². The smallest absolute Gasteiger partial charge is 0.407 e. The predicted octanol–water partition coefficient (Wildman–Crippen LogP) is 4.17. The van der Waals surface area contributed by atoms with Crippen LogP contribution in [-0.2, 0) is 27.8 Å². The van der Waals surface area contributed by atoms with E-state index in [1.54, 1.807) is 19.2 Å². The highest BCUT2D eigenvalue weighted by molar-refractivity contribution is 7.90. The minimum absolute atomic E-state index is 0.109. The molecule has 0 radical (unpaired) electrons. The molecule has 14 heteroatoms. The summed E-state index contributed by atoms with van der Waals surface area (Å²) in [5, 5.41) is 25.1. The number of hydrogen-bond donors (Lipinski definition) is 1. The molecule has 0 aliphatic heterocycles. The van der Waals surface area contributed by atoms with E-state index in [-0.39, 0.29) is 45.9 Å². The van der Waals surface area contributed by atoms with Gasteiger partial charge in [0, 0.05) is 48.0 Å². The number of ether oxygens (including phenoxy) is 2. The zero-order chi connectivity index (χ0) is 28.2. The van der Waals surface area contributed by atoms with Crippen molar-refractivity contribution in [3.8, 4) is 5.75 Å². The van der Waals surface area contributed by atoms with Crippen LogP contribution in [0.5, 0.6) is 5.75 Å². The van der Waals surface area contributed by atoms with Gasteiger partial charge < -0.3 is 14.8 Å². The first-order valence-corrected chi connectivity index (χ1v) is 12.9. The van der Waals surface area contributed by atoms with Gasteiger partial charge in [-0.2, -0.15) is 0 Å². The standard InChI is InChI=1S/C25H22N4O9S/c1-37-21-7-2-17(3-8-21)12-13-26-25(30)38-16-18-15-27(24-11-6-20(29(33)34)14-23(18)24)39(35,36)22-9-4-19(5-10-22)28(31)32/h2-11,14-15H,12-13,16H2,1H3,(H,26,30). The number of non-ortho nitro benzene ring substituents is 2. The number of hydrogen-bond acceptors (Lipinski definition) is 9. The average molecular weight is 555 g/mol. The number of carbonyl (C=O) groups is 1. The molecule has 4 aromatic rings. The Morgan fingerprint density at radius 1 is 0.949 bits per heavy atom. The molecule has 1 N–H and O–H groups in total. The van der Waals surface area contributed by atoms with Crippen LogP contribution in [0.3, 0.4) is 0 Å². The average Bonchev–Trinajstić information content (AvgIpc) is 3.31. The summed E-state index contributed by atoms with van der Waals surface area (Å²) >= 11 is 0. The van der Waals surface area contributed by atoms with E-state index in [0.717, 1.165) is 39.9 Å². The molecule has 0 aliphatic rings. The Bertz CT molecular complexity index is 1650. The van der Waals surface area contributed by atoms with Crippen LogP contribution < -0.4 is 10.1 Å². The monoisotopic (exact) mass is 554 g/mol. The highest BCUT2D eigenvalue weighted by Gasteiger charge is 2.24. The second-order valence-electron chi connectivity index (χ2n) is 8.27. The Morgan fingerprint density at radius 2 is 1.59 bits per heavy atom. The van der Waals surface area contributed by atoms with Gasteiger partial charge in [-0.15, -0.1) is 0 Å². The number of alkyl carbamates (subject to hydrolysis) is 1. The van der Waals surface area contributed by atoms with Crippen molar-refractivity contribution < 1.29 is 32.5 Å². The van der Waals surface area contributed by atoms with Gasteiger partial charge in [-0.05, 0) is 42.3 Å². The van der Waals surface area contributed by atoms with Crippen LogP contribution in [0.1, 0.15) is 11.1 Å². The number of aromatic nitrogens is 1. The number of nitrogens with zero attached hydrogens (tertiary/aromatic N) is 3. The number of rotatable bonds is 10. The van der Waals surface area contributed by atoms with Gasteiger partial charge >= 0.3 is 6.09 Å². The van der Waals surface area contributed by atoms with Crippen molar-refractivity contribution in [2.24, 2.45) is 0 Å². The Balaban J connectivity index is 1.54. The van der Waals surface area contributed by atoms with Crippen LogP contribution in [-0.4, -0.2) is 42.0 Å². The van der Waals surface area contributed by atoms with E-state index in [1.807, 2.05) is 12.1 Å². The summed E-state index contributed by atoms with van der Waals surface area (Å²) in [4.78, 5) is 33.0. The number of fused-ring (bicyclic) bond motifs is 1. The summed E-state index contributed by atoms with van der Waals surface area (Å²) in [7, 11) is -2.69. The molecule has 0 saturated carbocycles. The number of amides is 1. The van der Waals surface area contributed by atoms with Crippen molar-refractivity contribution in [1.82, 2.24) is 9.29 Å². The van der Waals surface area contributed by atoms with E-state index >= 15 is 0 Å². The van der Waals surface area contributed by atoms with Gasteiger partial charge in [0.2, 0.25) is 0 Å². The molecule has 0 bridgehead atoms. The van der Waals surface area contributed by atoms with Crippen molar-refractivity contribution in [3.63, 3.8) is 0 Å². The number of methoxy groups -OCH3 is 1. The SMILES string of the molecule is COc1ccc(CCNC(=O)OCc2cn(S(=O)(=O)c3ccc([N+](=O)[O-])cc3)c3ccc([N+](=O)[O-])cc23)cc1. The summed E-state index contributed by atoms with van der Waals surface area (Å²) in [6.45, 7) is -0.0955. The lowest BCUT2D eigenvalue weighted by Gasteiger charge is -2.07. The van der Waals surface area contributed by atoms with Crippen molar-refractivity contribution in [1.29, 1.82) is 0 Å². The molecule has 13 nitrogen and oxygen atoms in total. The van der Waals surface area contributed by atoms with E-state index < -0.39 is 26.0 Å². The van der Waals surface area contributed by atoms with Crippen LogP contribution in [0.25, 0.3) is 10.9 Å². The zero-order valence-corrected chi connectivity index (χ0v) is 21.3. The van der Waals surface area contributed by atoms with Crippen molar-refractivity contribution in [3.05, 3.63) is 104 Å². The van der Waals surface area contributed by atoms with Gasteiger partial charge in [-0.1, -0.05) is 12.1 Å². The second-order valence-corrected chi connectivity index (χ2v) is 10.1. The number of nitro groups is 2. The van der Waals surface area contributed by atoms with Gasteiger partial charge in [0.15, 0.2) is 0 Å². The largest absolute Gasteiger partial charge is 0.497 e. The lowest BCUT2D eigenvalue weighted by atomic mass is 10.1. The molecular formula is C25H22N4O9S. The van der Waals surface area contributed by atoms with E-state index in [1.165, 1.54) is 18.3 Å². The van der Waals surface area contributed by atoms with Gasteiger partial charge in [-0.25, -0.2) is 17.2 Å². The van der Waals surface area contributed by atoms with E-state index in [4.69, 9.17) is 9.47 Å². The topological polar surface area (TPSA) is 173 Å². The fourth-order valence-electron chi connectivity index (χ4n) is 3.83. The van der Waals surface area contributed by atoms with Gasteiger partial charge in [0.1, 0.15) is 12.4 Å². The third kappa shape index (κ3) is 5.96. The first-order valence-electron chi connectivity index (χ1n) is 11.4. The molecule has 1 heterocycles. The third-order valence-electron chi connectivity index (χ3n) is 5.85. The molecule has 0 atom stereocenters. The molecule has 1 aromatic heterocycles. The summed E-state index contributed by atoms with van der Waals surface area (Å²) in [6, 6.07) is 15.2. The second kappa shape index (κ2) is 11.2. The van der Waals surface area contributed by atoms with Gasteiger partial charge in [-0.3, -0.25) is 20.2 Å². The maximum atomic E-state index is 13.3. The van der Waals surface area contributed by atoms with Crippen LogP contribution in [0.4, 0.5) is 16.2 Å². The van der Waals surface area contributed by atoms with Crippen molar-refractivity contribution in [2.75, 3.05) is 13.7 Å². The quantitative estimate of drug-likeness (QED) is 0.223. The molecule has 202 valence electrons. The lowest BCUT2D eigenvalue weighted by molar-refractivity contribution is -0.385. The van der Waals surface area contributed by atoms with Crippen molar-refractivity contribution >= 4 is 38.4 Å². The van der Waals surface area contributed by atoms with Crippen LogP contribution in [0.2, 0.25) is 0 Å². The molecule has 39 heavy (non-hydrogen) atoms. The first kappa shape index (κ1) is 27.1. The minimum Gasteiger partial charge on any atom is -0.497 e. The lowest BCUT2D eigenvalue weighted by Crippen LogP contribution is -2.26. The third-order valence-corrected chi connectivity index (χ3v) is 7.54.